The van der Waals surface area contributed by atoms with Crippen LogP contribution in [-0.2, 0) is 4.74 Å². The summed E-state index contributed by atoms with van der Waals surface area (Å²) in [7, 11) is 2.10. The monoisotopic (exact) mass is 291 g/mol. The summed E-state index contributed by atoms with van der Waals surface area (Å²) in [6.45, 7) is 7.25. The van der Waals surface area contributed by atoms with Crippen molar-refractivity contribution in [3.8, 4) is 0 Å². The molecule has 0 aliphatic carbocycles. The Hall–Kier alpha value is -1.13. The van der Waals surface area contributed by atoms with Crippen LogP contribution < -0.4 is 10.2 Å². The van der Waals surface area contributed by atoms with Crippen molar-refractivity contribution in [3.05, 3.63) is 23.9 Å². The molecule has 0 radical (unpaired) electrons. The lowest BCUT2D eigenvalue weighted by molar-refractivity contribution is 0.0215. The summed E-state index contributed by atoms with van der Waals surface area (Å²) in [5, 5.41) is 3.49. The minimum atomic E-state index is 0.357. The van der Waals surface area contributed by atoms with Gasteiger partial charge in [0.05, 0.1) is 6.10 Å². The molecule has 0 spiro atoms. The predicted molar refractivity (Wildman–Crippen MR) is 87.8 cm³/mol. The number of hydrogen-bond acceptors (Lipinski definition) is 4. The van der Waals surface area contributed by atoms with E-state index in [0.29, 0.717) is 12.1 Å². The van der Waals surface area contributed by atoms with Crippen molar-refractivity contribution in [1.82, 2.24) is 10.3 Å². The number of pyridine rings is 1. The van der Waals surface area contributed by atoms with E-state index in [2.05, 4.69) is 48.2 Å². The maximum Gasteiger partial charge on any atom is 0.128 e. The topological polar surface area (TPSA) is 37.4 Å². The Kier molecular flexibility index (Phi) is 6.46. The molecular weight excluding hydrogens is 262 g/mol. The molecule has 2 unspecified atom stereocenters. The summed E-state index contributed by atoms with van der Waals surface area (Å²) in [4.78, 5) is 6.80. The van der Waals surface area contributed by atoms with Gasteiger partial charge in [0.25, 0.3) is 0 Å². The number of nitrogens with zero attached hydrogens (tertiary/aromatic N) is 2. The van der Waals surface area contributed by atoms with Gasteiger partial charge < -0.3 is 15.0 Å². The molecule has 0 bridgehead atoms. The molecule has 21 heavy (non-hydrogen) atoms. The molecule has 2 heterocycles. The summed E-state index contributed by atoms with van der Waals surface area (Å²) in [6.07, 6.45) is 7.15. The van der Waals surface area contributed by atoms with Gasteiger partial charge in [-0.05, 0) is 50.8 Å². The van der Waals surface area contributed by atoms with E-state index in [0.717, 1.165) is 31.9 Å². The summed E-state index contributed by atoms with van der Waals surface area (Å²) < 4.78 is 5.80. The third kappa shape index (κ3) is 4.97. The zero-order chi connectivity index (χ0) is 15.1. The van der Waals surface area contributed by atoms with Gasteiger partial charge in [-0.2, -0.15) is 0 Å². The van der Waals surface area contributed by atoms with Crippen molar-refractivity contribution in [1.29, 1.82) is 0 Å². The first-order valence-electron chi connectivity index (χ1n) is 8.22. The lowest BCUT2D eigenvalue weighted by Gasteiger charge is -2.28. The Morgan fingerprint density at radius 1 is 1.43 bits per heavy atom. The molecule has 1 N–H and O–H groups in total. The summed E-state index contributed by atoms with van der Waals surface area (Å²) in [5.74, 6) is 1.02. The van der Waals surface area contributed by atoms with Crippen LogP contribution >= 0.6 is 0 Å². The Bertz CT molecular complexity index is 401. The number of anilines is 1. The first kappa shape index (κ1) is 16.2. The van der Waals surface area contributed by atoms with Gasteiger partial charge in [0.15, 0.2) is 0 Å². The molecule has 2 rings (SSSR count). The van der Waals surface area contributed by atoms with Crippen LogP contribution in [-0.4, -0.2) is 37.8 Å². The average Bonchev–Trinajstić information content (AvgIpc) is 2.53. The number of likely N-dealkylation sites (N-methyl/N-ethyl adjacent to an activating group) is 1. The number of hydrogen-bond donors (Lipinski definition) is 1. The molecule has 0 amide bonds. The fourth-order valence-electron chi connectivity index (χ4n) is 2.71. The average molecular weight is 291 g/mol. The fourth-order valence-corrected chi connectivity index (χ4v) is 2.71. The van der Waals surface area contributed by atoms with Crippen molar-refractivity contribution in [2.24, 2.45) is 0 Å². The molecular formula is C17H29N3O. The standard InChI is InChI=1S/C17H29N3O/c1-4-10-18-14(2)15-8-9-17(19-12-15)20(3)13-16-7-5-6-11-21-16/h8-9,12,14,16,18H,4-7,10-11,13H2,1-3H3. The van der Waals surface area contributed by atoms with Gasteiger partial charge in [-0.1, -0.05) is 13.0 Å². The van der Waals surface area contributed by atoms with Gasteiger partial charge in [0.2, 0.25) is 0 Å². The highest BCUT2D eigenvalue weighted by Crippen LogP contribution is 2.18. The summed E-state index contributed by atoms with van der Waals surface area (Å²) >= 11 is 0. The Labute approximate surface area is 128 Å². The zero-order valence-electron chi connectivity index (χ0n) is 13.6. The van der Waals surface area contributed by atoms with E-state index in [1.54, 1.807) is 0 Å². The number of ether oxygens (including phenoxy) is 1. The van der Waals surface area contributed by atoms with Gasteiger partial charge in [-0.25, -0.2) is 4.98 Å². The van der Waals surface area contributed by atoms with Crippen LogP contribution in [0.1, 0.15) is 51.1 Å². The van der Waals surface area contributed by atoms with Crippen LogP contribution in [0.2, 0.25) is 0 Å². The predicted octanol–water partition coefficient (Wildman–Crippen LogP) is 3.15. The maximum absolute atomic E-state index is 5.80. The van der Waals surface area contributed by atoms with E-state index < -0.39 is 0 Å². The van der Waals surface area contributed by atoms with E-state index >= 15 is 0 Å². The Balaban J connectivity index is 1.88. The van der Waals surface area contributed by atoms with E-state index in [1.807, 2.05) is 6.20 Å². The quantitative estimate of drug-likeness (QED) is 0.837. The van der Waals surface area contributed by atoms with Crippen molar-refractivity contribution < 1.29 is 4.74 Å². The first-order valence-corrected chi connectivity index (χ1v) is 8.22. The largest absolute Gasteiger partial charge is 0.376 e. The van der Waals surface area contributed by atoms with Crippen LogP contribution in [0, 0.1) is 0 Å². The molecule has 1 aliphatic heterocycles. The third-order valence-electron chi connectivity index (χ3n) is 4.11. The minimum absolute atomic E-state index is 0.357. The summed E-state index contributed by atoms with van der Waals surface area (Å²) in [5.41, 5.74) is 1.24. The third-order valence-corrected chi connectivity index (χ3v) is 4.11. The number of rotatable bonds is 7. The molecule has 118 valence electrons. The molecule has 0 aromatic carbocycles. The molecule has 1 fully saturated rings. The van der Waals surface area contributed by atoms with Crippen LogP contribution in [0.4, 0.5) is 5.82 Å². The Morgan fingerprint density at radius 2 is 2.29 bits per heavy atom. The van der Waals surface area contributed by atoms with Gasteiger partial charge in [0.1, 0.15) is 5.82 Å². The minimum Gasteiger partial charge on any atom is -0.376 e. The van der Waals surface area contributed by atoms with Gasteiger partial charge in [0, 0.05) is 32.4 Å². The highest BCUT2D eigenvalue weighted by atomic mass is 16.5. The molecule has 4 nitrogen and oxygen atoms in total. The van der Waals surface area contributed by atoms with Crippen molar-refractivity contribution in [3.63, 3.8) is 0 Å². The fraction of sp³-hybridized carbons (Fsp3) is 0.706. The highest BCUT2D eigenvalue weighted by molar-refractivity contribution is 5.39. The molecule has 1 saturated heterocycles. The van der Waals surface area contributed by atoms with Gasteiger partial charge in [-0.3, -0.25) is 0 Å². The van der Waals surface area contributed by atoms with Crippen LogP contribution in [0.25, 0.3) is 0 Å². The number of nitrogens with one attached hydrogen (secondary N) is 1. The van der Waals surface area contributed by atoms with E-state index in [9.17, 15) is 0 Å². The second-order valence-corrected chi connectivity index (χ2v) is 5.99. The van der Waals surface area contributed by atoms with E-state index in [-0.39, 0.29) is 0 Å². The first-order chi connectivity index (χ1) is 10.2. The SMILES string of the molecule is CCCNC(C)c1ccc(N(C)CC2CCCCO2)nc1. The highest BCUT2D eigenvalue weighted by Gasteiger charge is 2.16. The van der Waals surface area contributed by atoms with Gasteiger partial charge in [-0.15, -0.1) is 0 Å². The van der Waals surface area contributed by atoms with Gasteiger partial charge >= 0.3 is 0 Å². The lowest BCUT2D eigenvalue weighted by Crippen LogP contribution is -2.33. The molecule has 2 atom stereocenters. The van der Waals surface area contributed by atoms with Crippen LogP contribution in [0.3, 0.4) is 0 Å². The second-order valence-electron chi connectivity index (χ2n) is 5.99. The van der Waals surface area contributed by atoms with E-state index in [4.69, 9.17) is 4.74 Å². The molecule has 1 aliphatic rings. The maximum atomic E-state index is 5.80. The molecule has 4 heteroatoms. The molecule has 1 aromatic heterocycles. The summed E-state index contributed by atoms with van der Waals surface area (Å²) in [6, 6.07) is 4.65. The van der Waals surface area contributed by atoms with E-state index in [1.165, 1.54) is 24.8 Å². The molecule has 1 aromatic rings. The second kappa shape index (κ2) is 8.35. The Morgan fingerprint density at radius 3 is 2.90 bits per heavy atom. The van der Waals surface area contributed by atoms with Crippen LogP contribution in [0.15, 0.2) is 18.3 Å². The van der Waals surface area contributed by atoms with Crippen LogP contribution in [0.5, 0.6) is 0 Å². The normalized spacial score (nSPS) is 20.2. The van der Waals surface area contributed by atoms with Crippen molar-refractivity contribution in [2.75, 3.05) is 31.6 Å². The number of aromatic nitrogens is 1. The smallest absolute Gasteiger partial charge is 0.128 e. The zero-order valence-corrected chi connectivity index (χ0v) is 13.6. The molecule has 0 saturated carbocycles. The van der Waals surface area contributed by atoms with Crippen molar-refractivity contribution >= 4 is 5.82 Å². The lowest BCUT2D eigenvalue weighted by atomic mass is 10.1. The van der Waals surface area contributed by atoms with Crippen molar-refractivity contribution in [2.45, 2.75) is 51.7 Å².